The molecule has 2 heterocycles. The van der Waals surface area contributed by atoms with Crippen molar-refractivity contribution in [1.29, 1.82) is 0 Å². The first-order valence-electron chi connectivity index (χ1n) is 8.55. The monoisotopic (exact) mass is 419 g/mol. The molecule has 10 heteroatoms. The van der Waals surface area contributed by atoms with E-state index in [2.05, 4.69) is 37.4 Å². The van der Waals surface area contributed by atoms with Gasteiger partial charge in [-0.1, -0.05) is 65.9 Å². The Kier molecular flexibility index (Phi) is 7.25. The van der Waals surface area contributed by atoms with E-state index in [4.69, 9.17) is 5.73 Å². The van der Waals surface area contributed by atoms with Crippen LogP contribution in [0.1, 0.15) is 31.2 Å². The summed E-state index contributed by atoms with van der Waals surface area (Å²) in [5.74, 6) is 2.88. The van der Waals surface area contributed by atoms with Crippen molar-refractivity contribution in [2.75, 3.05) is 16.8 Å². The largest absolute Gasteiger partial charge is 0.368 e. The van der Waals surface area contributed by atoms with Gasteiger partial charge in [0.05, 0.1) is 5.75 Å². The molecule has 142 valence electrons. The van der Waals surface area contributed by atoms with Crippen LogP contribution >= 0.6 is 34.9 Å². The minimum absolute atomic E-state index is 0.197. The van der Waals surface area contributed by atoms with Crippen molar-refractivity contribution in [2.24, 2.45) is 0 Å². The van der Waals surface area contributed by atoms with Crippen molar-refractivity contribution in [3.63, 3.8) is 0 Å². The lowest BCUT2D eigenvalue weighted by Crippen LogP contribution is -2.06. The molecule has 0 aliphatic carbocycles. The number of nitrogens with zero attached hydrogens (tertiary/aromatic N) is 5. The molecule has 0 saturated carbocycles. The number of aryl methyl sites for hydroxylation is 1. The van der Waals surface area contributed by atoms with Gasteiger partial charge in [0.25, 0.3) is 0 Å². The minimum atomic E-state index is 0.197. The predicted molar refractivity (Wildman–Crippen MR) is 114 cm³/mol. The fourth-order valence-corrected chi connectivity index (χ4v) is 5.10. The fourth-order valence-electron chi connectivity index (χ4n) is 2.07. The molecule has 0 amide bonds. The standard InChI is InChI=1S/C17H21N7S3/c1-3-4-9-25-16-23-24-17(27-16)26-10-13-20-14(18)22-15(21-13)19-12-7-5-11(2)6-8-12/h5-8H,3-4,9-10H2,1-2H3,(H3,18,19,20,21,22). The van der Waals surface area contributed by atoms with Gasteiger partial charge in [-0.05, 0) is 25.5 Å². The van der Waals surface area contributed by atoms with Crippen LogP contribution in [0, 0.1) is 6.92 Å². The highest BCUT2D eigenvalue weighted by Crippen LogP contribution is 2.30. The van der Waals surface area contributed by atoms with E-state index < -0.39 is 0 Å². The van der Waals surface area contributed by atoms with Crippen molar-refractivity contribution >= 4 is 52.4 Å². The molecule has 0 spiro atoms. The first-order chi connectivity index (χ1) is 13.1. The number of nitrogens with two attached hydrogens (primary N) is 1. The molecule has 0 aliphatic heterocycles. The summed E-state index contributed by atoms with van der Waals surface area (Å²) in [6.45, 7) is 4.23. The van der Waals surface area contributed by atoms with Crippen molar-refractivity contribution < 1.29 is 0 Å². The maximum absolute atomic E-state index is 5.84. The molecule has 7 nitrogen and oxygen atoms in total. The summed E-state index contributed by atoms with van der Waals surface area (Å²) in [5.41, 5.74) is 7.94. The van der Waals surface area contributed by atoms with Crippen molar-refractivity contribution in [3.05, 3.63) is 35.7 Å². The van der Waals surface area contributed by atoms with Crippen LogP contribution < -0.4 is 11.1 Å². The fraction of sp³-hybridized carbons (Fsp3) is 0.353. The molecule has 3 N–H and O–H groups in total. The number of nitrogens with one attached hydrogen (secondary N) is 1. The molecule has 0 bridgehead atoms. The summed E-state index contributed by atoms with van der Waals surface area (Å²) in [6.07, 6.45) is 2.38. The molecular formula is C17H21N7S3. The molecule has 3 aromatic rings. The Bertz CT molecular complexity index is 867. The third kappa shape index (κ3) is 6.33. The molecule has 0 fully saturated rings. The van der Waals surface area contributed by atoms with Crippen LogP contribution in [0.4, 0.5) is 17.6 Å². The van der Waals surface area contributed by atoms with Crippen LogP contribution in [0.15, 0.2) is 32.9 Å². The van der Waals surface area contributed by atoms with Crippen LogP contribution in [0.5, 0.6) is 0 Å². The second-order valence-electron chi connectivity index (χ2n) is 5.75. The molecule has 1 aromatic carbocycles. The number of aromatic nitrogens is 5. The maximum Gasteiger partial charge on any atom is 0.232 e. The van der Waals surface area contributed by atoms with E-state index in [-0.39, 0.29) is 5.95 Å². The van der Waals surface area contributed by atoms with Crippen LogP contribution in [-0.2, 0) is 5.75 Å². The van der Waals surface area contributed by atoms with Crippen molar-refractivity contribution in [2.45, 2.75) is 41.1 Å². The molecule has 0 aliphatic rings. The van der Waals surface area contributed by atoms with E-state index in [1.165, 1.54) is 18.4 Å². The normalized spacial score (nSPS) is 10.9. The number of nitrogen functional groups attached to an aromatic ring is 1. The molecule has 0 atom stereocenters. The first-order valence-corrected chi connectivity index (χ1v) is 11.3. The van der Waals surface area contributed by atoms with E-state index in [0.717, 1.165) is 20.1 Å². The van der Waals surface area contributed by atoms with E-state index in [1.807, 2.05) is 31.2 Å². The lowest BCUT2D eigenvalue weighted by atomic mass is 10.2. The highest BCUT2D eigenvalue weighted by atomic mass is 32.2. The van der Waals surface area contributed by atoms with Crippen molar-refractivity contribution in [1.82, 2.24) is 25.1 Å². The van der Waals surface area contributed by atoms with Gasteiger partial charge in [-0.3, -0.25) is 0 Å². The Morgan fingerprint density at radius 1 is 1.04 bits per heavy atom. The average Bonchev–Trinajstić information content (AvgIpc) is 3.10. The van der Waals surface area contributed by atoms with E-state index in [1.54, 1.807) is 34.9 Å². The molecule has 27 heavy (non-hydrogen) atoms. The summed E-state index contributed by atoms with van der Waals surface area (Å²) < 4.78 is 1.91. The molecule has 3 rings (SSSR count). The van der Waals surface area contributed by atoms with Gasteiger partial charge in [0.15, 0.2) is 8.68 Å². The number of anilines is 3. The Morgan fingerprint density at radius 2 is 1.78 bits per heavy atom. The number of unbranched alkanes of at least 4 members (excludes halogenated alkanes) is 1. The zero-order chi connectivity index (χ0) is 19.1. The van der Waals surface area contributed by atoms with E-state index >= 15 is 0 Å². The highest BCUT2D eigenvalue weighted by molar-refractivity contribution is 8.02. The quantitative estimate of drug-likeness (QED) is 0.382. The SMILES string of the molecule is CCCCSc1nnc(SCc2nc(N)nc(Nc3ccc(C)cc3)n2)s1. The lowest BCUT2D eigenvalue weighted by Gasteiger charge is -2.07. The van der Waals surface area contributed by atoms with Crippen molar-refractivity contribution in [3.8, 4) is 0 Å². The number of rotatable bonds is 9. The summed E-state index contributed by atoms with van der Waals surface area (Å²) in [4.78, 5) is 12.8. The number of hydrogen-bond donors (Lipinski definition) is 2. The molecule has 2 aromatic heterocycles. The molecule has 0 radical (unpaired) electrons. The average molecular weight is 420 g/mol. The van der Waals surface area contributed by atoms with E-state index in [0.29, 0.717) is 17.5 Å². The van der Waals surface area contributed by atoms with Gasteiger partial charge in [-0.25, -0.2) is 0 Å². The third-order valence-electron chi connectivity index (χ3n) is 3.44. The Hall–Kier alpha value is -1.91. The lowest BCUT2D eigenvalue weighted by molar-refractivity contribution is 0.892. The smallest absolute Gasteiger partial charge is 0.232 e. The van der Waals surface area contributed by atoms with Gasteiger partial charge in [-0.15, -0.1) is 10.2 Å². The first kappa shape index (κ1) is 19.8. The number of hydrogen-bond acceptors (Lipinski definition) is 10. The highest BCUT2D eigenvalue weighted by Gasteiger charge is 2.09. The maximum atomic E-state index is 5.84. The third-order valence-corrected chi connectivity index (χ3v) is 6.71. The Balaban J connectivity index is 1.60. The summed E-state index contributed by atoms with van der Waals surface area (Å²) in [6, 6.07) is 8.00. The van der Waals surface area contributed by atoms with E-state index in [9.17, 15) is 0 Å². The molecular weight excluding hydrogens is 398 g/mol. The predicted octanol–water partition coefficient (Wildman–Crippen LogP) is 4.54. The summed E-state index contributed by atoms with van der Waals surface area (Å²) >= 11 is 4.91. The number of thioether (sulfide) groups is 2. The van der Waals surface area contributed by atoms with Crippen LogP contribution in [0.3, 0.4) is 0 Å². The van der Waals surface area contributed by atoms with Gasteiger partial charge >= 0.3 is 0 Å². The number of benzene rings is 1. The topological polar surface area (TPSA) is 102 Å². The van der Waals surface area contributed by atoms with Crippen LogP contribution in [0.2, 0.25) is 0 Å². The summed E-state index contributed by atoms with van der Waals surface area (Å²) in [7, 11) is 0. The molecule has 0 unspecified atom stereocenters. The van der Waals surface area contributed by atoms with Crippen LogP contribution in [-0.4, -0.2) is 30.9 Å². The molecule has 0 saturated heterocycles. The van der Waals surface area contributed by atoms with Gasteiger partial charge < -0.3 is 11.1 Å². The van der Waals surface area contributed by atoms with Gasteiger partial charge in [-0.2, -0.15) is 15.0 Å². The summed E-state index contributed by atoms with van der Waals surface area (Å²) in [5, 5.41) is 11.6. The van der Waals surface area contributed by atoms with Gasteiger partial charge in [0.1, 0.15) is 5.82 Å². The zero-order valence-electron chi connectivity index (χ0n) is 15.2. The minimum Gasteiger partial charge on any atom is -0.368 e. The second kappa shape index (κ2) is 9.86. The Morgan fingerprint density at radius 3 is 2.52 bits per heavy atom. The zero-order valence-corrected chi connectivity index (χ0v) is 17.6. The van der Waals surface area contributed by atoms with Gasteiger partial charge in [0, 0.05) is 11.4 Å². The second-order valence-corrected chi connectivity index (χ2v) is 9.29. The Labute approximate surface area is 171 Å². The van der Waals surface area contributed by atoms with Gasteiger partial charge in [0.2, 0.25) is 11.9 Å². The van der Waals surface area contributed by atoms with Crippen LogP contribution in [0.25, 0.3) is 0 Å².